The van der Waals surface area contributed by atoms with Gasteiger partial charge in [-0.25, -0.2) is 4.79 Å². The van der Waals surface area contributed by atoms with E-state index >= 15 is 0 Å². The molecule has 0 aliphatic carbocycles. The largest absolute Gasteiger partial charge is 0.471 e. The molecule has 32 heavy (non-hydrogen) atoms. The van der Waals surface area contributed by atoms with Crippen LogP contribution in [0.5, 0.6) is 5.75 Å². The molecule has 1 aromatic heterocycles. The molecule has 0 fully saturated rings. The van der Waals surface area contributed by atoms with Crippen molar-refractivity contribution in [3.05, 3.63) is 102 Å². The number of fused-ring (bicyclic) bond motifs is 3. The van der Waals surface area contributed by atoms with E-state index in [0.717, 1.165) is 37.8 Å². The van der Waals surface area contributed by atoms with E-state index in [9.17, 15) is 4.79 Å². The molecule has 4 nitrogen and oxygen atoms in total. The Kier molecular flexibility index (Phi) is 5.48. The lowest BCUT2D eigenvalue weighted by Crippen LogP contribution is -2.32. The summed E-state index contributed by atoms with van der Waals surface area (Å²) in [6.45, 7) is 4.91. The molecule has 1 aliphatic heterocycles. The number of hydrogen-bond acceptors (Lipinski definition) is 4. The first-order valence-corrected chi connectivity index (χ1v) is 11.5. The highest BCUT2D eigenvalue weighted by molar-refractivity contribution is 9.10. The lowest BCUT2D eigenvalue weighted by molar-refractivity contribution is 0.289. The van der Waals surface area contributed by atoms with Crippen molar-refractivity contribution in [1.29, 1.82) is 0 Å². The standard InChI is InChI=1S/C26H21BrClNO3/c1-15-10-18(8-9-22(15)27)29-13-21-24-19(12-23(28)25(21)31-14-29)16(2)20(26(30)32-24)11-17-6-4-3-5-7-17/h3-10,12H,11,13-14H2,1-2H3. The van der Waals surface area contributed by atoms with Crippen molar-refractivity contribution in [3.8, 4) is 5.75 Å². The summed E-state index contributed by atoms with van der Waals surface area (Å²) in [5, 5.41) is 1.37. The van der Waals surface area contributed by atoms with Crippen LogP contribution >= 0.6 is 27.5 Å². The van der Waals surface area contributed by atoms with Crippen LogP contribution in [0.4, 0.5) is 5.69 Å². The number of benzene rings is 3. The van der Waals surface area contributed by atoms with Gasteiger partial charge in [-0.3, -0.25) is 0 Å². The van der Waals surface area contributed by atoms with Crippen LogP contribution in [-0.4, -0.2) is 6.73 Å². The molecular formula is C26H21BrClNO3. The Morgan fingerprint density at radius 3 is 2.62 bits per heavy atom. The van der Waals surface area contributed by atoms with Gasteiger partial charge in [0.15, 0.2) is 6.73 Å². The maximum Gasteiger partial charge on any atom is 0.340 e. The molecule has 0 saturated heterocycles. The molecule has 4 aromatic rings. The molecule has 0 amide bonds. The molecule has 3 aromatic carbocycles. The van der Waals surface area contributed by atoms with E-state index in [1.165, 1.54) is 0 Å². The molecule has 0 spiro atoms. The van der Waals surface area contributed by atoms with Gasteiger partial charge in [-0.15, -0.1) is 0 Å². The predicted molar refractivity (Wildman–Crippen MR) is 132 cm³/mol. The van der Waals surface area contributed by atoms with Gasteiger partial charge in [0.1, 0.15) is 11.3 Å². The minimum absolute atomic E-state index is 0.319. The molecule has 6 heteroatoms. The minimum Gasteiger partial charge on any atom is -0.471 e. The number of anilines is 1. The molecule has 0 radical (unpaired) electrons. The van der Waals surface area contributed by atoms with Crippen LogP contribution in [-0.2, 0) is 13.0 Å². The van der Waals surface area contributed by atoms with Gasteiger partial charge in [-0.2, -0.15) is 0 Å². The van der Waals surface area contributed by atoms with Crippen LogP contribution in [0.15, 0.2) is 68.3 Å². The summed E-state index contributed by atoms with van der Waals surface area (Å²) in [4.78, 5) is 15.1. The highest BCUT2D eigenvalue weighted by atomic mass is 79.9. The molecule has 0 bridgehead atoms. The van der Waals surface area contributed by atoms with Gasteiger partial charge in [0, 0.05) is 27.5 Å². The average molecular weight is 511 g/mol. The van der Waals surface area contributed by atoms with E-state index in [2.05, 4.69) is 33.8 Å². The molecule has 5 rings (SSSR count). The van der Waals surface area contributed by atoms with Gasteiger partial charge in [-0.05, 0) is 54.8 Å². The molecule has 0 unspecified atom stereocenters. The summed E-state index contributed by atoms with van der Waals surface area (Å²) < 4.78 is 13.0. The van der Waals surface area contributed by atoms with Crippen LogP contribution in [0.1, 0.15) is 27.8 Å². The maximum absolute atomic E-state index is 13.0. The van der Waals surface area contributed by atoms with Crippen LogP contribution in [0.2, 0.25) is 5.02 Å². The van der Waals surface area contributed by atoms with Crippen molar-refractivity contribution >= 4 is 44.2 Å². The number of hydrogen-bond donors (Lipinski definition) is 0. The number of ether oxygens (including phenoxy) is 1. The smallest absolute Gasteiger partial charge is 0.340 e. The second kappa shape index (κ2) is 8.30. The quantitative estimate of drug-likeness (QED) is 0.285. The van der Waals surface area contributed by atoms with Crippen molar-refractivity contribution in [2.24, 2.45) is 0 Å². The Labute approximate surface area is 199 Å². The van der Waals surface area contributed by atoms with Crippen LogP contribution in [0.25, 0.3) is 11.0 Å². The van der Waals surface area contributed by atoms with Crippen LogP contribution < -0.4 is 15.3 Å². The van der Waals surface area contributed by atoms with E-state index in [0.29, 0.717) is 41.6 Å². The number of nitrogens with zero attached hydrogens (tertiary/aromatic N) is 1. The first-order valence-electron chi connectivity index (χ1n) is 10.4. The van der Waals surface area contributed by atoms with E-state index in [1.807, 2.05) is 55.5 Å². The minimum atomic E-state index is -0.319. The summed E-state index contributed by atoms with van der Waals surface area (Å²) in [5.74, 6) is 0.586. The molecule has 0 saturated carbocycles. The molecule has 2 heterocycles. The number of rotatable bonds is 3. The van der Waals surface area contributed by atoms with Crippen LogP contribution in [0, 0.1) is 13.8 Å². The van der Waals surface area contributed by atoms with Crippen molar-refractivity contribution in [2.75, 3.05) is 11.6 Å². The first kappa shape index (κ1) is 21.1. The van der Waals surface area contributed by atoms with E-state index < -0.39 is 0 Å². The second-order valence-corrected chi connectivity index (χ2v) is 9.36. The van der Waals surface area contributed by atoms with Gasteiger partial charge in [-0.1, -0.05) is 57.9 Å². The summed E-state index contributed by atoms with van der Waals surface area (Å²) >= 11 is 10.2. The predicted octanol–water partition coefficient (Wildman–Crippen LogP) is 6.77. The lowest BCUT2D eigenvalue weighted by atomic mass is 9.97. The highest BCUT2D eigenvalue weighted by Crippen LogP contribution is 2.41. The Morgan fingerprint density at radius 1 is 1.09 bits per heavy atom. The maximum atomic E-state index is 13.0. The fourth-order valence-electron chi connectivity index (χ4n) is 4.21. The van der Waals surface area contributed by atoms with Crippen LogP contribution in [0.3, 0.4) is 0 Å². The highest BCUT2D eigenvalue weighted by Gasteiger charge is 2.26. The van der Waals surface area contributed by atoms with E-state index in [4.69, 9.17) is 20.8 Å². The number of halogens is 2. The third-order valence-corrected chi connectivity index (χ3v) is 7.19. The zero-order chi connectivity index (χ0) is 22.4. The van der Waals surface area contributed by atoms with Gasteiger partial charge in [0.2, 0.25) is 0 Å². The third kappa shape index (κ3) is 3.70. The summed E-state index contributed by atoms with van der Waals surface area (Å²) in [6.07, 6.45) is 0.514. The van der Waals surface area contributed by atoms with Gasteiger partial charge < -0.3 is 14.1 Å². The van der Waals surface area contributed by atoms with E-state index in [1.54, 1.807) is 0 Å². The molecule has 0 N–H and O–H groups in total. The summed E-state index contributed by atoms with van der Waals surface area (Å²) in [7, 11) is 0. The van der Waals surface area contributed by atoms with Crippen molar-refractivity contribution in [1.82, 2.24) is 0 Å². The fraction of sp³-hybridized carbons (Fsp3) is 0.192. The lowest BCUT2D eigenvalue weighted by Gasteiger charge is -2.32. The zero-order valence-electron chi connectivity index (χ0n) is 17.7. The molecular weight excluding hydrogens is 490 g/mol. The van der Waals surface area contributed by atoms with E-state index in [-0.39, 0.29) is 5.63 Å². The van der Waals surface area contributed by atoms with Crippen molar-refractivity contribution < 1.29 is 9.15 Å². The summed E-state index contributed by atoms with van der Waals surface area (Å²) in [6, 6.07) is 17.9. The second-order valence-electron chi connectivity index (χ2n) is 8.10. The fourth-order valence-corrected chi connectivity index (χ4v) is 4.73. The van der Waals surface area contributed by atoms with Crippen molar-refractivity contribution in [3.63, 3.8) is 0 Å². The first-order chi connectivity index (χ1) is 15.4. The third-order valence-electron chi connectivity index (χ3n) is 6.02. The molecule has 1 aliphatic rings. The van der Waals surface area contributed by atoms with Gasteiger partial charge in [0.05, 0.1) is 17.1 Å². The summed E-state index contributed by atoms with van der Waals surface area (Å²) in [5.41, 5.74) is 5.79. The van der Waals surface area contributed by atoms with Gasteiger partial charge >= 0.3 is 5.63 Å². The Hall–Kier alpha value is -2.76. The molecule has 162 valence electrons. The topological polar surface area (TPSA) is 42.7 Å². The average Bonchev–Trinajstić information content (AvgIpc) is 2.80. The van der Waals surface area contributed by atoms with Crippen molar-refractivity contribution in [2.45, 2.75) is 26.8 Å². The Balaban J connectivity index is 1.61. The zero-order valence-corrected chi connectivity index (χ0v) is 20.1. The Bertz CT molecular complexity index is 1400. The van der Waals surface area contributed by atoms with Gasteiger partial charge in [0.25, 0.3) is 0 Å². The normalized spacial score (nSPS) is 13.2. The monoisotopic (exact) mass is 509 g/mol. The SMILES string of the molecule is Cc1cc(N2COc3c(Cl)cc4c(C)c(Cc5ccccc5)c(=O)oc4c3C2)ccc1Br. The number of aryl methyl sites for hydroxylation is 2. The molecule has 0 atom stereocenters. The Morgan fingerprint density at radius 2 is 1.88 bits per heavy atom.